The van der Waals surface area contributed by atoms with Gasteiger partial charge in [-0.15, -0.1) is 13.2 Å². The van der Waals surface area contributed by atoms with E-state index in [1.54, 1.807) is 18.2 Å². The highest BCUT2D eigenvalue weighted by atomic mass is 19.4. The molecule has 0 aliphatic carbocycles. The van der Waals surface area contributed by atoms with Gasteiger partial charge in [0.05, 0.1) is 12.2 Å². The van der Waals surface area contributed by atoms with Crippen molar-refractivity contribution in [3.63, 3.8) is 0 Å². The molecule has 0 N–H and O–H groups in total. The van der Waals surface area contributed by atoms with E-state index >= 15 is 0 Å². The van der Waals surface area contributed by atoms with Crippen LogP contribution in [-0.4, -0.2) is 19.3 Å². The van der Waals surface area contributed by atoms with Crippen LogP contribution < -0.4 is 9.47 Å². The predicted octanol–water partition coefficient (Wildman–Crippen LogP) is 6.47. The second-order valence-electron chi connectivity index (χ2n) is 6.73. The molecule has 3 nitrogen and oxygen atoms in total. The van der Waals surface area contributed by atoms with E-state index < -0.39 is 6.36 Å². The van der Waals surface area contributed by atoms with Crippen molar-refractivity contribution in [1.82, 2.24) is 0 Å². The zero-order valence-electron chi connectivity index (χ0n) is 16.2. The van der Waals surface area contributed by atoms with E-state index in [-0.39, 0.29) is 5.75 Å². The highest BCUT2D eigenvalue weighted by molar-refractivity contribution is 5.82. The van der Waals surface area contributed by atoms with Gasteiger partial charge in [-0.3, -0.25) is 4.79 Å². The molecule has 0 radical (unpaired) electrons. The number of carbonyl (C=O) groups is 1. The lowest BCUT2D eigenvalue weighted by Crippen LogP contribution is -2.16. The molecular formula is C24H21F3O3. The van der Waals surface area contributed by atoms with Crippen LogP contribution in [0.4, 0.5) is 13.2 Å². The number of rotatable bonds is 9. The topological polar surface area (TPSA) is 35.5 Å². The third-order valence-electron chi connectivity index (χ3n) is 4.52. The number of benzene rings is 3. The second-order valence-corrected chi connectivity index (χ2v) is 6.73. The van der Waals surface area contributed by atoms with E-state index in [1.165, 1.54) is 29.8 Å². The van der Waals surface area contributed by atoms with Gasteiger partial charge in [-0.05, 0) is 60.2 Å². The van der Waals surface area contributed by atoms with Gasteiger partial charge < -0.3 is 9.47 Å². The largest absolute Gasteiger partial charge is 0.573 e. The molecule has 156 valence electrons. The van der Waals surface area contributed by atoms with Gasteiger partial charge in [0.2, 0.25) is 0 Å². The molecule has 6 heteroatoms. The number of aldehydes is 1. The quantitative estimate of drug-likeness (QED) is 0.297. The minimum absolute atomic E-state index is 0.286. The summed E-state index contributed by atoms with van der Waals surface area (Å²) in [5, 5.41) is 0. The fourth-order valence-electron chi connectivity index (χ4n) is 3.04. The Morgan fingerprint density at radius 3 is 2.20 bits per heavy atom. The van der Waals surface area contributed by atoms with Crippen molar-refractivity contribution in [3.05, 3.63) is 83.9 Å². The van der Waals surface area contributed by atoms with E-state index in [4.69, 9.17) is 4.74 Å². The molecule has 3 rings (SSSR count). The van der Waals surface area contributed by atoms with E-state index in [0.29, 0.717) is 23.5 Å². The molecule has 3 aromatic carbocycles. The highest BCUT2D eigenvalue weighted by Gasteiger charge is 2.30. The first-order chi connectivity index (χ1) is 14.4. The first-order valence-corrected chi connectivity index (χ1v) is 9.57. The van der Waals surface area contributed by atoms with E-state index in [9.17, 15) is 18.0 Å². The molecule has 0 spiro atoms. The summed E-state index contributed by atoms with van der Waals surface area (Å²) in [4.78, 5) is 11.3. The summed E-state index contributed by atoms with van der Waals surface area (Å²) >= 11 is 0. The van der Waals surface area contributed by atoms with Crippen molar-refractivity contribution < 1.29 is 27.4 Å². The Hall–Kier alpha value is -3.28. The molecule has 30 heavy (non-hydrogen) atoms. The van der Waals surface area contributed by atoms with Crippen LogP contribution in [0.5, 0.6) is 11.5 Å². The van der Waals surface area contributed by atoms with Crippen molar-refractivity contribution in [2.75, 3.05) is 6.61 Å². The molecule has 0 atom stereocenters. The number of ether oxygens (including phenoxy) is 2. The fraction of sp³-hybridized carbons (Fsp3) is 0.208. The summed E-state index contributed by atoms with van der Waals surface area (Å²) in [6.07, 6.45) is -1.25. The van der Waals surface area contributed by atoms with Gasteiger partial charge in [0.25, 0.3) is 0 Å². The van der Waals surface area contributed by atoms with Gasteiger partial charge in [-0.25, -0.2) is 0 Å². The second kappa shape index (κ2) is 9.96. The summed E-state index contributed by atoms with van der Waals surface area (Å²) in [6.45, 7) is 0.468. The van der Waals surface area contributed by atoms with Crippen LogP contribution in [-0.2, 0) is 6.42 Å². The molecular weight excluding hydrogens is 393 g/mol. The SMILES string of the molecule is O=Cc1ccc(-c2ccc(OC(F)(F)F)cc2)cc1OCCCCc1ccccc1. The maximum atomic E-state index is 12.3. The lowest BCUT2D eigenvalue weighted by atomic mass is 10.0. The van der Waals surface area contributed by atoms with Gasteiger partial charge in [-0.1, -0.05) is 48.5 Å². The Morgan fingerprint density at radius 2 is 1.53 bits per heavy atom. The van der Waals surface area contributed by atoms with Crippen LogP contribution >= 0.6 is 0 Å². The van der Waals surface area contributed by atoms with Crippen molar-refractivity contribution in [2.24, 2.45) is 0 Å². The molecule has 0 saturated heterocycles. The van der Waals surface area contributed by atoms with Crippen LogP contribution in [0.15, 0.2) is 72.8 Å². The molecule has 3 aromatic rings. The summed E-state index contributed by atoms with van der Waals surface area (Å²) in [5.74, 6) is 0.170. The van der Waals surface area contributed by atoms with Gasteiger partial charge in [0.15, 0.2) is 6.29 Å². The summed E-state index contributed by atoms with van der Waals surface area (Å²) in [7, 11) is 0. The molecule has 0 aliphatic rings. The Bertz CT molecular complexity index is 952. The Balaban J connectivity index is 1.61. The van der Waals surface area contributed by atoms with Crippen LogP contribution in [0.1, 0.15) is 28.8 Å². The third kappa shape index (κ3) is 6.37. The fourth-order valence-corrected chi connectivity index (χ4v) is 3.04. The molecule has 0 saturated carbocycles. The van der Waals surface area contributed by atoms with Gasteiger partial charge in [0.1, 0.15) is 11.5 Å². The average Bonchev–Trinajstić information content (AvgIpc) is 2.73. The normalized spacial score (nSPS) is 11.2. The lowest BCUT2D eigenvalue weighted by molar-refractivity contribution is -0.274. The molecule has 0 heterocycles. The zero-order chi connectivity index (χ0) is 21.4. The van der Waals surface area contributed by atoms with Crippen LogP contribution in [0.3, 0.4) is 0 Å². The number of hydrogen-bond donors (Lipinski definition) is 0. The first-order valence-electron chi connectivity index (χ1n) is 9.57. The Labute approximate surface area is 173 Å². The van der Waals surface area contributed by atoms with Gasteiger partial charge in [-0.2, -0.15) is 0 Å². The average molecular weight is 414 g/mol. The van der Waals surface area contributed by atoms with Crippen LogP contribution in [0.2, 0.25) is 0 Å². The lowest BCUT2D eigenvalue weighted by Gasteiger charge is -2.12. The molecule has 0 bridgehead atoms. The summed E-state index contributed by atoms with van der Waals surface area (Å²) < 4.78 is 46.6. The summed E-state index contributed by atoms with van der Waals surface area (Å²) in [5.41, 5.74) is 3.12. The van der Waals surface area contributed by atoms with Crippen molar-refractivity contribution in [2.45, 2.75) is 25.6 Å². The maximum Gasteiger partial charge on any atom is 0.573 e. The number of hydrogen-bond acceptors (Lipinski definition) is 3. The highest BCUT2D eigenvalue weighted by Crippen LogP contribution is 2.30. The van der Waals surface area contributed by atoms with E-state index in [1.807, 2.05) is 18.2 Å². The molecule has 0 unspecified atom stereocenters. The minimum Gasteiger partial charge on any atom is -0.493 e. The smallest absolute Gasteiger partial charge is 0.493 e. The number of carbonyl (C=O) groups excluding carboxylic acids is 1. The first kappa shape index (κ1) is 21.4. The Morgan fingerprint density at radius 1 is 0.833 bits per heavy atom. The summed E-state index contributed by atoms with van der Waals surface area (Å²) in [6, 6.07) is 20.8. The number of aryl methyl sites for hydroxylation is 1. The van der Waals surface area contributed by atoms with Gasteiger partial charge in [0, 0.05) is 0 Å². The number of halogens is 3. The molecule has 0 aliphatic heterocycles. The van der Waals surface area contributed by atoms with E-state index in [2.05, 4.69) is 16.9 Å². The molecule has 0 amide bonds. The van der Waals surface area contributed by atoms with E-state index in [0.717, 1.165) is 31.1 Å². The predicted molar refractivity (Wildman–Crippen MR) is 109 cm³/mol. The third-order valence-corrected chi connectivity index (χ3v) is 4.52. The minimum atomic E-state index is -4.73. The van der Waals surface area contributed by atoms with Crippen LogP contribution in [0.25, 0.3) is 11.1 Å². The van der Waals surface area contributed by atoms with Gasteiger partial charge >= 0.3 is 6.36 Å². The number of alkyl halides is 3. The standard InChI is InChI=1S/C24H21F3O3/c25-24(26,27)30-22-13-11-19(12-14-22)20-9-10-21(17-28)23(16-20)29-15-5-4-8-18-6-2-1-3-7-18/h1-3,6-7,9-14,16-17H,4-5,8,15H2. The Kier molecular flexibility index (Phi) is 7.12. The van der Waals surface area contributed by atoms with Crippen molar-refractivity contribution >= 4 is 6.29 Å². The van der Waals surface area contributed by atoms with Crippen molar-refractivity contribution in [3.8, 4) is 22.6 Å². The number of unbranched alkanes of at least 4 members (excludes halogenated alkanes) is 1. The molecule has 0 aromatic heterocycles. The van der Waals surface area contributed by atoms with Crippen LogP contribution in [0, 0.1) is 0 Å². The molecule has 0 fully saturated rings. The maximum absolute atomic E-state index is 12.3. The van der Waals surface area contributed by atoms with Crippen molar-refractivity contribution in [1.29, 1.82) is 0 Å². The zero-order valence-corrected chi connectivity index (χ0v) is 16.2. The monoisotopic (exact) mass is 414 g/mol.